The number of piperidine rings is 1. The number of thiophene rings is 1. The van der Waals surface area contributed by atoms with Crippen molar-refractivity contribution in [3.8, 4) is 11.5 Å². The van der Waals surface area contributed by atoms with Crippen LogP contribution in [0.5, 0.6) is 11.5 Å². The molecule has 0 aliphatic carbocycles. The molecule has 1 aliphatic heterocycles. The topological polar surface area (TPSA) is 76.6 Å². The summed E-state index contributed by atoms with van der Waals surface area (Å²) in [7, 11) is 3.24. The first-order valence-electron chi connectivity index (χ1n) is 11.4. The summed E-state index contributed by atoms with van der Waals surface area (Å²) >= 11 is 1.46. The second kappa shape index (κ2) is 9.95. The van der Waals surface area contributed by atoms with E-state index in [0.29, 0.717) is 29.3 Å². The molecule has 33 heavy (non-hydrogen) atoms. The number of benzene rings is 1. The van der Waals surface area contributed by atoms with Gasteiger partial charge in [0.1, 0.15) is 16.5 Å². The largest absolute Gasteiger partial charge is 0.493 e. The zero-order valence-electron chi connectivity index (χ0n) is 20.0. The third-order valence-electron chi connectivity index (χ3n) is 6.32. The average molecular weight is 469 g/mol. The SMILES string of the molecule is COc1ccc(CCNC(=O)c2sc3nc(C)nc(N4CCC(C)CC4)c3c2C)cc1OC. The normalized spacial score (nSPS) is 14.5. The Kier molecular flexibility index (Phi) is 7.02. The molecule has 4 rings (SSSR count). The molecule has 1 fully saturated rings. The molecule has 1 N–H and O–H groups in total. The number of nitrogens with zero attached hydrogens (tertiary/aromatic N) is 3. The summed E-state index contributed by atoms with van der Waals surface area (Å²) < 4.78 is 10.7. The molecule has 1 aliphatic rings. The van der Waals surface area contributed by atoms with Crippen molar-refractivity contribution in [2.75, 3.05) is 38.8 Å². The molecule has 176 valence electrons. The summed E-state index contributed by atoms with van der Waals surface area (Å²) in [5, 5.41) is 4.09. The van der Waals surface area contributed by atoms with E-state index >= 15 is 0 Å². The summed E-state index contributed by atoms with van der Waals surface area (Å²) in [6.07, 6.45) is 3.03. The van der Waals surface area contributed by atoms with Crippen molar-refractivity contribution in [1.29, 1.82) is 0 Å². The number of hydrogen-bond donors (Lipinski definition) is 1. The van der Waals surface area contributed by atoms with E-state index in [1.807, 2.05) is 32.0 Å². The molecule has 1 aromatic carbocycles. The lowest BCUT2D eigenvalue weighted by Crippen LogP contribution is -2.33. The van der Waals surface area contributed by atoms with Crippen LogP contribution in [-0.4, -0.2) is 49.7 Å². The minimum Gasteiger partial charge on any atom is -0.493 e. The van der Waals surface area contributed by atoms with E-state index in [9.17, 15) is 4.79 Å². The van der Waals surface area contributed by atoms with Crippen molar-refractivity contribution < 1.29 is 14.3 Å². The number of rotatable bonds is 7. The fourth-order valence-electron chi connectivity index (χ4n) is 4.32. The minimum atomic E-state index is -0.0631. The first kappa shape index (κ1) is 23.3. The molecule has 3 heterocycles. The fraction of sp³-hybridized carbons (Fsp3) is 0.480. The van der Waals surface area contributed by atoms with Crippen LogP contribution in [0, 0.1) is 19.8 Å². The van der Waals surface area contributed by atoms with Crippen molar-refractivity contribution in [1.82, 2.24) is 15.3 Å². The Bertz CT molecular complexity index is 1150. The van der Waals surface area contributed by atoms with Gasteiger partial charge in [-0.25, -0.2) is 9.97 Å². The Morgan fingerprint density at radius 2 is 1.88 bits per heavy atom. The Labute approximate surface area is 199 Å². The lowest BCUT2D eigenvalue weighted by molar-refractivity contribution is 0.0957. The van der Waals surface area contributed by atoms with E-state index in [2.05, 4.69) is 22.1 Å². The predicted octanol–water partition coefficient (Wildman–Crippen LogP) is 4.53. The number of aryl methyl sites for hydroxylation is 2. The summed E-state index contributed by atoms with van der Waals surface area (Å²) in [4.78, 5) is 26.4. The monoisotopic (exact) mass is 468 g/mol. The van der Waals surface area contributed by atoms with Gasteiger partial charge in [-0.05, 0) is 62.3 Å². The van der Waals surface area contributed by atoms with Gasteiger partial charge in [0.05, 0.1) is 24.5 Å². The van der Waals surface area contributed by atoms with Crippen LogP contribution in [0.2, 0.25) is 0 Å². The van der Waals surface area contributed by atoms with Gasteiger partial charge in [0.25, 0.3) is 5.91 Å². The zero-order valence-corrected chi connectivity index (χ0v) is 20.8. The minimum absolute atomic E-state index is 0.0631. The van der Waals surface area contributed by atoms with Gasteiger partial charge in [-0.15, -0.1) is 11.3 Å². The molecular formula is C25H32N4O3S. The molecule has 0 spiro atoms. The molecule has 7 nitrogen and oxygen atoms in total. The first-order chi connectivity index (χ1) is 15.9. The van der Waals surface area contributed by atoms with Crippen LogP contribution in [-0.2, 0) is 6.42 Å². The zero-order chi connectivity index (χ0) is 23.5. The number of carbonyl (C=O) groups is 1. The number of nitrogens with one attached hydrogen (secondary N) is 1. The van der Waals surface area contributed by atoms with Gasteiger partial charge in [-0.3, -0.25) is 4.79 Å². The van der Waals surface area contributed by atoms with Crippen molar-refractivity contribution in [2.45, 2.75) is 40.0 Å². The van der Waals surface area contributed by atoms with E-state index in [4.69, 9.17) is 14.5 Å². The Morgan fingerprint density at radius 1 is 1.15 bits per heavy atom. The van der Waals surface area contributed by atoms with Gasteiger partial charge < -0.3 is 19.7 Å². The van der Waals surface area contributed by atoms with Crippen LogP contribution < -0.4 is 19.7 Å². The maximum Gasteiger partial charge on any atom is 0.261 e. The number of hydrogen-bond acceptors (Lipinski definition) is 7. The van der Waals surface area contributed by atoms with Crippen LogP contribution in [0.3, 0.4) is 0 Å². The molecule has 0 saturated carbocycles. The van der Waals surface area contributed by atoms with Crippen LogP contribution in [0.1, 0.15) is 46.4 Å². The van der Waals surface area contributed by atoms with Crippen molar-refractivity contribution in [3.63, 3.8) is 0 Å². The van der Waals surface area contributed by atoms with Crippen LogP contribution in [0.25, 0.3) is 10.2 Å². The van der Waals surface area contributed by atoms with Crippen molar-refractivity contribution >= 4 is 33.3 Å². The van der Waals surface area contributed by atoms with Crippen LogP contribution in [0.15, 0.2) is 18.2 Å². The van der Waals surface area contributed by atoms with E-state index in [0.717, 1.165) is 64.8 Å². The van der Waals surface area contributed by atoms with E-state index in [1.54, 1.807) is 14.2 Å². The predicted molar refractivity (Wildman–Crippen MR) is 133 cm³/mol. The van der Waals surface area contributed by atoms with Gasteiger partial charge in [0.15, 0.2) is 11.5 Å². The van der Waals surface area contributed by atoms with E-state index in [-0.39, 0.29) is 5.91 Å². The van der Waals surface area contributed by atoms with Gasteiger partial charge in [-0.1, -0.05) is 13.0 Å². The van der Waals surface area contributed by atoms with E-state index < -0.39 is 0 Å². The third kappa shape index (κ3) is 4.90. The highest BCUT2D eigenvalue weighted by Gasteiger charge is 2.24. The molecule has 0 radical (unpaired) electrons. The molecule has 3 aromatic rings. The summed E-state index contributed by atoms with van der Waals surface area (Å²) in [6, 6.07) is 5.82. The first-order valence-corrected chi connectivity index (χ1v) is 12.2. The van der Waals surface area contributed by atoms with Gasteiger partial charge in [0.2, 0.25) is 0 Å². The summed E-state index contributed by atoms with van der Waals surface area (Å²) in [6.45, 7) is 8.76. The van der Waals surface area contributed by atoms with Crippen LogP contribution >= 0.6 is 11.3 Å². The molecule has 1 amide bonds. The number of carbonyl (C=O) groups excluding carboxylic acids is 1. The lowest BCUT2D eigenvalue weighted by atomic mass is 9.99. The molecule has 0 bridgehead atoms. The lowest BCUT2D eigenvalue weighted by Gasteiger charge is -2.31. The second-order valence-corrected chi connectivity index (χ2v) is 9.69. The average Bonchev–Trinajstić information content (AvgIpc) is 3.15. The summed E-state index contributed by atoms with van der Waals surface area (Å²) in [5.74, 6) is 3.79. The summed E-state index contributed by atoms with van der Waals surface area (Å²) in [5.41, 5.74) is 2.04. The maximum atomic E-state index is 13.1. The van der Waals surface area contributed by atoms with Crippen molar-refractivity contribution in [2.24, 2.45) is 5.92 Å². The highest BCUT2D eigenvalue weighted by Crippen LogP contribution is 2.36. The number of anilines is 1. The van der Waals surface area contributed by atoms with Crippen molar-refractivity contribution in [3.05, 3.63) is 40.0 Å². The van der Waals surface area contributed by atoms with E-state index in [1.165, 1.54) is 11.3 Å². The second-order valence-electron chi connectivity index (χ2n) is 8.70. The smallest absolute Gasteiger partial charge is 0.261 e. The number of aromatic nitrogens is 2. The standard InChI is InChI=1S/C25H32N4O3S/c1-15-9-12-29(13-10-15)23-21-16(2)22(33-25(21)28-17(3)27-23)24(30)26-11-8-18-6-7-19(31-4)20(14-18)32-5/h6-7,14-15H,8-13H2,1-5H3,(H,26,30). The maximum absolute atomic E-state index is 13.1. The number of amides is 1. The number of methoxy groups -OCH3 is 2. The molecule has 0 atom stereocenters. The molecule has 1 saturated heterocycles. The van der Waals surface area contributed by atoms with Gasteiger partial charge in [-0.2, -0.15) is 0 Å². The molecular weight excluding hydrogens is 436 g/mol. The quantitative estimate of drug-likeness (QED) is 0.549. The fourth-order valence-corrected chi connectivity index (χ4v) is 5.46. The van der Waals surface area contributed by atoms with Gasteiger partial charge in [0, 0.05) is 19.6 Å². The third-order valence-corrected chi connectivity index (χ3v) is 7.50. The molecule has 8 heteroatoms. The van der Waals surface area contributed by atoms with Crippen LogP contribution in [0.4, 0.5) is 5.82 Å². The molecule has 2 aromatic heterocycles. The van der Waals surface area contributed by atoms with Gasteiger partial charge >= 0.3 is 0 Å². The number of fused-ring (bicyclic) bond motifs is 1. The Hall–Kier alpha value is -2.87. The Morgan fingerprint density at radius 3 is 2.58 bits per heavy atom. The Balaban J connectivity index is 1.51. The number of ether oxygens (including phenoxy) is 2. The highest BCUT2D eigenvalue weighted by molar-refractivity contribution is 7.20. The highest BCUT2D eigenvalue weighted by atomic mass is 32.1. The molecule has 0 unspecified atom stereocenters.